The predicted octanol–water partition coefficient (Wildman–Crippen LogP) is 2.41. The summed E-state index contributed by atoms with van der Waals surface area (Å²) in [6.45, 7) is -4.13. The molecular formula is C12H13BF3N2O-. The van der Waals surface area contributed by atoms with Crippen LogP contribution in [0.4, 0.5) is 12.9 Å². The van der Waals surface area contributed by atoms with Crippen molar-refractivity contribution in [2.24, 2.45) is 0 Å². The van der Waals surface area contributed by atoms with Gasteiger partial charge in [0.1, 0.15) is 0 Å². The summed E-state index contributed by atoms with van der Waals surface area (Å²) in [6.07, 6.45) is 5.73. The van der Waals surface area contributed by atoms with Crippen LogP contribution in [0.2, 0.25) is 0 Å². The molecule has 0 amide bonds. The van der Waals surface area contributed by atoms with Crippen LogP contribution >= 0.6 is 0 Å². The molecule has 0 radical (unpaired) electrons. The Morgan fingerprint density at radius 1 is 1.21 bits per heavy atom. The van der Waals surface area contributed by atoms with Gasteiger partial charge in [0.15, 0.2) is 0 Å². The van der Waals surface area contributed by atoms with Crippen molar-refractivity contribution in [1.82, 2.24) is 9.55 Å². The van der Waals surface area contributed by atoms with Gasteiger partial charge in [-0.05, 0) is 12.5 Å². The standard InChI is InChI=1S/C12H13BF3N2O/c14-13(15,16)11-4-1-2-5-12(11)19-9-3-7-18-8-6-17-10-18/h1-2,4-6,8,10H,3,7,9H2/q-1. The van der Waals surface area contributed by atoms with E-state index < -0.39 is 12.4 Å². The molecule has 0 saturated carbocycles. The minimum atomic E-state index is -5.04. The molecule has 1 aromatic heterocycles. The van der Waals surface area contributed by atoms with Gasteiger partial charge < -0.3 is 22.3 Å². The van der Waals surface area contributed by atoms with E-state index in [1.165, 1.54) is 18.2 Å². The van der Waals surface area contributed by atoms with Gasteiger partial charge >= 0.3 is 6.98 Å². The second-order valence-corrected chi connectivity index (χ2v) is 4.12. The van der Waals surface area contributed by atoms with Crippen molar-refractivity contribution in [3.05, 3.63) is 43.0 Å². The Morgan fingerprint density at radius 2 is 2.00 bits per heavy atom. The van der Waals surface area contributed by atoms with E-state index in [2.05, 4.69) is 4.98 Å². The highest BCUT2D eigenvalue weighted by atomic mass is 19.4. The number of ether oxygens (including phenoxy) is 1. The topological polar surface area (TPSA) is 27.1 Å². The van der Waals surface area contributed by atoms with E-state index in [0.29, 0.717) is 13.0 Å². The van der Waals surface area contributed by atoms with Crippen LogP contribution in [0.5, 0.6) is 5.75 Å². The lowest BCUT2D eigenvalue weighted by atomic mass is 9.79. The second-order valence-electron chi connectivity index (χ2n) is 4.12. The summed E-state index contributed by atoms with van der Waals surface area (Å²) in [7, 11) is 0. The molecule has 2 rings (SSSR count). The molecule has 7 heteroatoms. The number of aryl methyl sites for hydroxylation is 1. The maximum absolute atomic E-state index is 12.8. The van der Waals surface area contributed by atoms with Crippen LogP contribution in [0.3, 0.4) is 0 Å². The molecule has 0 aliphatic rings. The van der Waals surface area contributed by atoms with E-state index in [9.17, 15) is 12.9 Å². The van der Waals surface area contributed by atoms with Crippen molar-refractivity contribution < 1.29 is 17.7 Å². The first-order valence-corrected chi connectivity index (χ1v) is 5.95. The Morgan fingerprint density at radius 3 is 2.68 bits per heavy atom. The zero-order valence-electron chi connectivity index (χ0n) is 10.2. The van der Waals surface area contributed by atoms with Crippen LogP contribution in [0.25, 0.3) is 0 Å². The van der Waals surface area contributed by atoms with E-state index in [0.717, 1.165) is 6.07 Å². The average Bonchev–Trinajstić information content (AvgIpc) is 2.87. The van der Waals surface area contributed by atoms with Crippen LogP contribution in [-0.4, -0.2) is 23.1 Å². The predicted molar refractivity (Wildman–Crippen MR) is 67.5 cm³/mol. The molecule has 0 spiro atoms. The highest BCUT2D eigenvalue weighted by Crippen LogP contribution is 2.17. The summed E-state index contributed by atoms with van der Waals surface area (Å²) in [5, 5.41) is 0. The van der Waals surface area contributed by atoms with Crippen LogP contribution in [0.1, 0.15) is 6.42 Å². The third kappa shape index (κ3) is 3.77. The van der Waals surface area contributed by atoms with Gasteiger partial charge in [-0.1, -0.05) is 23.7 Å². The number of para-hydroxylation sites is 1. The highest BCUT2D eigenvalue weighted by molar-refractivity contribution is 6.74. The number of nitrogens with zero attached hydrogens (tertiary/aromatic N) is 2. The number of hydrogen-bond donors (Lipinski definition) is 0. The second kappa shape index (κ2) is 5.82. The minimum Gasteiger partial charge on any atom is -0.497 e. The molecule has 0 atom stereocenters. The van der Waals surface area contributed by atoms with Gasteiger partial charge in [-0.2, -0.15) is 0 Å². The Balaban J connectivity index is 1.89. The summed E-state index contributed by atoms with van der Waals surface area (Å²) in [4.78, 5) is 3.88. The molecule has 102 valence electrons. The van der Waals surface area contributed by atoms with Gasteiger partial charge in [0.2, 0.25) is 0 Å². The fraction of sp³-hybridized carbons (Fsp3) is 0.250. The third-order valence-corrected chi connectivity index (χ3v) is 2.65. The fourth-order valence-corrected chi connectivity index (χ4v) is 1.73. The molecule has 1 aromatic carbocycles. The highest BCUT2D eigenvalue weighted by Gasteiger charge is 2.28. The first-order chi connectivity index (χ1) is 9.07. The average molecular weight is 269 g/mol. The van der Waals surface area contributed by atoms with Crippen molar-refractivity contribution in [2.45, 2.75) is 13.0 Å². The Bertz CT molecular complexity index is 514. The van der Waals surface area contributed by atoms with E-state index in [4.69, 9.17) is 4.74 Å². The van der Waals surface area contributed by atoms with Crippen LogP contribution in [0, 0.1) is 0 Å². The molecule has 0 N–H and O–H groups in total. The third-order valence-electron chi connectivity index (χ3n) is 2.65. The van der Waals surface area contributed by atoms with Crippen molar-refractivity contribution in [3.8, 4) is 5.75 Å². The van der Waals surface area contributed by atoms with Crippen LogP contribution in [-0.2, 0) is 6.54 Å². The summed E-state index contributed by atoms with van der Waals surface area (Å²) in [6, 6.07) is 5.30. The number of benzene rings is 1. The van der Waals surface area contributed by atoms with Gasteiger partial charge in [0.05, 0.1) is 18.7 Å². The van der Waals surface area contributed by atoms with Gasteiger partial charge in [-0.25, -0.2) is 4.98 Å². The lowest BCUT2D eigenvalue weighted by Gasteiger charge is -2.19. The molecule has 0 aliphatic carbocycles. The number of halogens is 3. The van der Waals surface area contributed by atoms with Crippen molar-refractivity contribution in [2.75, 3.05) is 6.61 Å². The van der Waals surface area contributed by atoms with Crippen LogP contribution < -0.4 is 10.2 Å². The molecule has 0 bridgehead atoms. The number of aromatic nitrogens is 2. The number of imidazole rings is 1. The zero-order valence-corrected chi connectivity index (χ0v) is 10.2. The first-order valence-electron chi connectivity index (χ1n) is 5.95. The van der Waals surface area contributed by atoms with Gasteiger partial charge in [0.25, 0.3) is 0 Å². The molecule has 2 aromatic rings. The first kappa shape index (κ1) is 13.5. The SMILES string of the molecule is F[B-](F)(F)c1ccccc1OCCCn1ccnc1. The fourth-order valence-electron chi connectivity index (χ4n) is 1.73. The minimum absolute atomic E-state index is 0.0966. The Labute approximate surface area is 109 Å². The maximum atomic E-state index is 12.8. The number of rotatable bonds is 6. The summed E-state index contributed by atoms with van der Waals surface area (Å²) >= 11 is 0. The monoisotopic (exact) mass is 269 g/mol. The Kier molecular flexibility index (Phi) is 4.14. The van der Waals surface area contributed by atoms with E-state index in [1.807, 2.05) is 4.57 Å². The summed E-state index contributed by atoms with van der Waals surface area (Å²) in [5.41, 5.74) is -0.676. The largest absolute Gasteiger partial charge is 0.513 e. The van der Waals surface area contributed by atoms with Gasteiger partial charge in [0, 0.05) is 18.9 Å². The van der Waals surface area contributed by atoms with Crippen molar-refractivity contribution in [1.29, 1.82) is 0 Å². The summed E-state index contributed by atoms with van der Waals surface area (Å²) < 4.78 is 45.3. The molecular weight excluding hydrogens is 256 g/mol. The Hall–Kier alpha value is -1.92. The van der Waals surface area contributed by atoms with E-state index in [-0.39, 0.29) is 12.4 Å². The maximum Gasteiger partial charge on any atom is 0.513 e. The molecule has 0 aliphatic heterocycles. The molecule has 3 nitrogen and oxygen atoms in total. The van der Waals surface area contributed by atoms with Gasteiger partial charge in [-0.15, -0.1) is 0 Å². The van der Waals surface area contributed by atoms with Gasteiger partial charge in [-0.3, -0.25) is 0 Å². The van der Waals surface area contributed by atoms with Crippen molar-refractivity contribution in [3.63, 3.8) is 0 Å². The van der Waals surface area contributed by atoms with Crippen LogP contribution in [0.15, 0.2) is 43.0 Å². The normalized spacial score (nSPS) is 11.5. The molecule has 19 heavy (non-hydrogen) atoms. The van der Waals surface area contributed by atoms with Crippen molar-refractivity contribution >= 4 is 12.4 Å². The quantitative estimate of drug-likeness (QED) is 0.594. The number of hydrogen-bond acceptors (Lipinski definition) is 2. The summed E-state index contributed by atoms with van der Waals surface area (Å²) in [5.74, 6) is -0.0966. The molecule has 0 fully saturated rings. The molecule has 0 saturated heterocycles. The lowest BCUT2D eigenvalue weighted by Crippen LogP contribution is -2.35. The van der Waals surface area contributed by atoms with E-state index in [1.54, 1.807) is 18.7 Å². The molecule has 0 unspecified atom stereocenters. The molecule has 1 heterocycles. The van der Waals surface area contributed by atoms with E-state index >= 15 is 0 Å². The lowest BCUT2D eigenvalue weighted by molar-refractivity contribution is 0.302. The smallest absolute Gasteiger partial charge is 0.497 e. The zero-order chi connectivity index (χ0) is 13.7.